The van der Waals surface area contributed by atoms with Gasteiger partial charge in [-0.2, -0.15) is 13.9 Å². The molecular formula is C27H22F4N4O2. The van der Waals surface area contributed by atoms with E-state index in [9.17, 15) is 27.2 Å². The number of hydrogen-bond donors (Lipinski definition) is 1. The number of carbonyl (C=O) groups is 2. The number of nitrogens with one attached hydrogen (secondary N) is 1. The fraction of sp³-hybridized carbons (Fsp3) is 0.222. The van der Waals surface area contributed by atoms with Crippen LogP contribution in [0.1, 0.15) is 30.5 Å². The first-order valence-corrected chi connectivity index (χ1v) is 11.6. The number of alkyl halides is 2. The average molecular weight is 510 g/mol. The summed E-state index contributed by atoms with van der Waals surface area (Å²) in [5, 5.41) is 7.42. The van der Waals surface area contributed by atoms with E-state index in [0.717, 1.165) is 16.5 Å². The Bertz CT molecular complexity index is 1460. The Morgan fingerprint density at radius 1 is 1.03 bits per heavy atom. The SMILES string of the molecule is CC(F)(F)C(=O)N[C@@H]1CC(=O)N(c2ccc3c(cnn3Cc3ccc(F)cc3)c2)[C@H]1c1ccc(F)cc1. The van der Waals surface area contributed by atoms with Gasteiger partial charge in [-0.1, -0.05) is 24.3 Å². The normalized spacial score (nSPS) is 18.0. The molecule has 1 aliphatic rings. The van der Waals surface area contributed by atoms with Gasteiger partial charge in [0.1, 0.15) is 11.6 Å². The molecule has 0 spiro atoms. The molecule has 6 nitrogen and oxygen atoms in total. The van der Waals surface area contributed by atoms with Crippen LogP contribution in [-0.2, 0) is 16.1 Å². The molecule has 2 atom stereocenters. The summed E-state index contributed by atoms with van der Waals surface area (Å²) >= 11 is 0. The number of carbonyl (C=O) groups excluding carboxylic acids is 2. The van der Waals surface area contributed by atoms with Crippen molar-refractivity contribution in [3.8, 4) is 0 Å². The molecule has 2 heterocycles. The van der Waals surface area contributed by atoms with Crippen molar-refractivity contribution in [2.24, 2.45) is 0 Å². The van der Waals surface area contributed by atoms with Gasteiger partial charge in [0.15, 0.2) is 0 Å². The van der Waals surface area contributed by atoms with E-state index < -0.39 is 29.7 Å². The van der Waals surface area contributed by atoms with Crippen LogP contribution in [-0.4, -0.2) is 33.6 Å². The van der Waals surface area contributed by atoms with Gasteiger partial charge >= 0.3 is 5.92 Å². The maximum absolute atomic E-state index is 13.6. The van der Waals surface area contributed by atoms with Crippen molar-refractivity contribution >= 4 is 28.4 Å². The maximum atomic E-state index is 13.6. The van der Waals surface area contributed by atoms with Gasteiger partial charge in [0.2, 0.25) is 5.91 Å². The minimum atomic E-state index is -3.62. The van der Waals surface area contributed by atoms with Crippen molar-refractivity contribution < 1.29 is 27.2 Å². The van der Waals surface area contributed by atoms with Crippen LogP contribution in [0.15, 0.2) is 72.9 Å². The summed E-state index contributed by atoms with van der Waals surface area (Å²) in [6, 6.07) is 14.9. The Kier molecular flexibility index (Phi) is 6.18. The van der Waals surface area contributed by atoms with Crippen LogP contribution < -0.4 is 10.2 Å². The largest absolute Gasteiger partial charge is 0.345 e. The number of rotatable bonds is 6. The Morgan fingerprint density at radius 3 is 2.32 bits per heavy atom. The molecule has 0 radical (unpaired) electrons. The van der Waals surface area contributed by atoms with Gasteiger partial charge in [0, 0.05) is 24.4 Å². The average Bonchev–Trinajstić information content (AvgIpc) is 3.40. The van der Waals surface area contributed by atoms with E-state index in [2.05, 4.69) is 10.4 Å². The number of nitrogens with zero attached hydrogens (tertiary/aromatic N) is 3. The van der Waals surface area contributed by atoms with E-state index >= 15 is 0 Å². The molecule has 37 heavy (non-hydrogen) atoms. The third kappa shape index (κ3) is 4.91. The topological polar surface area (TPSA) is 67.2 Å². The van der Waals surface area contributed by atoms with Crippen molar-refractivity contribution in [1.29, 1.82) is 0 Å². The zero-order valence-electron chi connectivity index (χ0n) is 19.7. The van der Waals surface area contributed by atoms with Crippen LogP contribution in [0.25, 0.3) is 10.9 Å². The Balaban J connectivity index is 1.49. The van der Waals surface area contributed by atoms with E-state index in [1.807, 2.05) is 0 Å². The molecule has 0 bridgehead atoms. The predicted octanol–water partition coefficient (Wildman–Crippen LogP) is 4.98. The molecule has 0 saturated carbocycles. The summed E-state index contributed by atoms with van der Waals surface area (Å²) in [6.07, 6.45) is 1.43. The summed E-state index contributed by atoms with van der Waals surface area (Å²) in [4.78, 5) is 26.6. The summed E-state index contributed by atoms with van der Waals surface area (Å²) in [7, 11) is 0. The lowest BCUT2D eigenvalue weighted by Crippen LogP contribution is -2.46. The van der Waals surface area contributed by atoms with Crippen molar-refractivity contribution in [2.75, 3.05) is 4.90 Å². The van der Waals surface area contributed by atoms with E-state index in [4.69, 9.17) is 0 Å². The molecule has 10 heteroatoms. The molecule has 5 rings (SSSR count). The molecule has 1 aromatic heterocycles. The summed E-state index contributed by atoms with van der Waals surface area (Å²) in [6.45, 7) is 0.893. The highest BCUT2D eigenvalue weighted by molar-refractivity contribution is 6.00. The molecule has 1 fully saturated rings. The second-order valence-electron chi connectivity index (χ2n) is 9.10. The fourth-order valence-electron chi connectivity index (χ4n) is 4.62. The zero-order valence-corrected chi connectivity index (χ0v) is 19.7. The second kappa shape index (κ2) is 9.34. The molecular weight excluding hydrogens is 488 g/mol. The highest BCUT2D eigenvalue weighted by atomic mass is 19.3. The van der Waals surface area contributed by atoms with Crippen LogP contribution in [0.4, 0.5) is 23.2 Å². The van der Waals surface area contributed by atoms with Gasteiger partial charge in [-0.05, 0) is 53.6 Å². The molecule has 4 aromatic rings. The lowest BCUT2D eigenvalue weighted by atomic mass is 9.99. The quantitative estimate of drug-likeness (QED) is 0.372. The summed E-state index contributed by atoms with van der Waals surface area (Å²) < 4.78 is 55.9. The monoisotopic (exact) mass is 510 g/mol. The number of halogens is 4. The molecule has 3 aromatic carbocycles. The second-order valence-corrected chi connectivity index (χ2v) is 9.10. The molecule has 1 saturated heterocycles. The van der Waals surface area contributed by atoms with Crippen molar-refractivity contribution in [1.82, 2.24) is 15.1 Å². The van der Waals surface area contributed by atoms with E-state index in [0.29, 0.717) is 24.7 Å². The first-order valence-electron chi connectivity index (χ1n) is 11.6. The number of hydrogen-bond acceptors (Lipinski definition) is 3. The number of fused-ring (bicyclic) bond motifs is 1. The minimum Gasteiger partial charge on any atom is -0.345 e. The maximum Gasteiger partial charge on any atom is 0.321 e. The smallest absolute Gasteiger partial charge is 0.321 e. The number of benzene rings is 3. The lowest BCUT2D eigenvalue weighted by molar-refractivity contribution is -0.143. The van der Waals surface area contributed by atoms with Gasteiger partial charge in [0.05, 0.1) is 30.3 Å². The third-order valence-electron chi connectivity index (χ3n) is 6.40. The first kappa shape index (κ1) is 24.5. The molecule has 1 N–H and O–H groups in total. The molecule has 0 aliphatic carbocycles. The number of anilines is 1. The van der Waals surface area contributed by atoms with Crippen LogP contribution in [0, 0.1) is 11.6 Å². The molecule has 2 amide bonds. The van der Waals surface area contributed by atoms with Crippen LogP contribution in [0.2, 0.25) is 0 Å². The van der Waals surface area contributed by atoms with Crippen LogP contribution >= 0.6 is 0 Å². The summed E-state index contributed by atoms with van der Waals surface area (Å²) in [5.41, 5.74) is 2.60. The van der Waals surface area contributed by atoms with Crippen molar-refractivity contribution in [3.63, 3.8) is 0 Å². The van der Waals surface area contributed by atoms with E-state index in [-0.39, 0.29) is 18.1 Å². The third-order valence-corrected chi connectivity index (χ3v) is 6.40. The Labute approximate surface area is 209 Å². The minimum absolute atomic E-state index is 0.203. The predicted molar refractivity (Wildman–Crippen MR) is 129 cm³/mol. The highest BCUT2D eigenvalue weighted by Gasteiger charge is 2.45. The van der Waals surface area contributed by atoms with Crippen LogP contribution in [0.5, 0.6) is 0 Å². The van der Waals surface area contributed by atoms with Crippen LogP contribution in [0.3, 0.4) is 0 Å². The van der Waals surface area contributed by atoms with Gasteiger partial charge in [-0.15, -0.1) is 0 Å². The summed E-state index contributed by atoms with van der Waals surface area (Å²) in [5.74, 6) is -6.31. The van der Waals surface area contributed by atoms with Gasteiger partial charge in [-0.25, -0.2) is 8.78 Å². The fourth-order valence-corrected chi connectivity index (χ4v) is 4.62. The van der Waals surface area contributed by atoms with Crippen molar-refractivity contribution in [2.45, 2.75) is 37.9 Å². The number of aromatic nitrogens is 2. The van der Waals surface area contributed by atoms with E-state index in [1.54, 1.807) is 41.2 Å². The van der Waals surface area contributed by atoms with Gasteiger partial charge < -0.3 is 10.2 Å². The molecule has 1 aliphatic heterocycles. The van der Waals surface area contributed by atoms with Gasteiger partial charge in [0.25, 0.3) is 5.91 Å². The lowest BCUT2D eigenvalue weighted by Gasteiger charge is -2.29. The Morgan fingerprint density at radius 2 is 1.68 bits per heavy atom. The molecule has 0 unspecified atom stereocenters. The Hall–Kier alpha value is -4.21. The first-order chi connectivity index (χ1) is 17.6. The van der Waals surface area contributed by atoms with E-state index in [1.165, 1.54) is 41.3 Å². The van der Waals surface area contributed by atoms with Gasteiger partial charge in [-0.3, -0.25) is 14.3 Å². The highest BCUT2D eigenvalue weighted by Crippen LogP contribution is 2.39. The standard InChI is InChI=1S/C27H22F4N4O2/c1-27(30,31)26(37)33-22-13-24(36)35(25(22)17-4-8-20(29)9-5-17)21-10-11-23-18(12-21)14-32-34(23)15-16-2-6-19(28)7-3-16/h2-12,14,22,25H,13,15H2,1H3,(H,33,37)/t22-,25+/m1/s1. The van der Waals surface area contributed by atoms with Crippen molar-refractivity contribution in [3.05, 3.63) is 95.7 Å². The molecule has 190 valence electrons. The zero-order chi connectivity index (χ0) is 26.3. The number of amides is 2.